The second-order valence-corrected chi connectivity index (χ2v) is 10.5. The van der Waals surface area contributed by atoms with Gasteiger partial charge in [-0.1, -0.05) is 30.3 Å². The normalized spacial score (nSPS) is 16.2. The van der Waals surface area contributed by atoms with Crippen LogP contribution in [0.5, 0.6) is 0 Å². The van der Waals surface area contributed by atoms with Crippen molar-refractivity contribution in [3.63, 3.8) is 0 Å². The number of aromatic nitrogens is 2. The lowest BCUT2D eigenvalue weighted by atomic mass is 9.73. The average Bonchev–Trinajstić information content (AvgIpc) is 3.58. The SMILES string of the molecule is Cc1nc(-c2ccc(NC(=O)C3(c4ccc(-c5ccc6c(c5)CCN6)cc4)CCOCC3)nc2)cs1. The number of benzene rings is 2. The number of rotatable bonds is 5. The lowest BCUT2D eigenvalue weighted by Crippen LogP contribution is -2.45. The van der Waals surface area contributed by atoms with Crippen molar-refractivity contribution in [3.05, 3.63) is 82.3 Å². The molecule has 0 aliphatic carbocycles. The predicted octanol–water partition coefficient (Wildman–Crippen LogP) is 5.84. The Balaban J connectivity index is 1.24. The van der Waals surface area contributed by atoms with Gasteiger partial charge in [0.2, 0.25) is 5.91 Å². The third-order valence-corrected chi connectivity index (χ3v) is 8.06. The Kier molecular flexibility index (Phi) is 6.03. The van der Waals surface area contributed by atoms with E-state index in [-0.39, 0.29) is 5.91 Å². The van der Waals surface area contributed by atoms with Crippen LogP contribution in [-0.2, 0) is 21.4 Å². The van der Waals surface area contributed by atoms with Gasteiger partial charge in [-0.3, -0.25) is 4.79 Å². The fourth-order valence-electron chi connectivity index (χ4n) is 5.18. The quantitative estimate of drug-likeness (QED) is 0.363. The van der Waals surface area contributed by atoms with E-state index in [0.717, 1.165) is 40.4 Å². The van der Waals surface area contributed by atoms with Crippen LogP contribution in [0.2, 0.25) is 0 Å². The minimum Gasteiger partial charge on any atom is -0.384 e. The third-order valence-electron chi connectivity index (χ3n) is 7.29. The number of hydrogen-bond donors (Lipinski definition) is 2. The van der Waals surface area contributed by atoms with Gasteiger partial charge < -0.3 is 15.4 Å². The molecule has 6 rings (SSSR count). The highest BCUT2D eigenvalue weighted by Crippen LogP contribution is 2.38. The summed E-state index contributed by atoms with van der Waals surface area (Å²) in [5, 5.41) is 9.53. The molecule has 6 nitrogen and oxygen atoms in total. The van der Waals surface area contributed by atoms with E-state index in [9.17, 15) is 4.79 Å². The largest absolute Gasteiger partial charge is 0.384 e. The summed E-state index contributed by atoms with van der Waals surface area (Å²) in [6.07, 6.45) is 4.10. The van der Waals surface area contributed by atoms with Crippen molar-refractivity contribution in [1.29, 1.82) is 0 Å². The van der Waals surface area contributed by atoms with E-state index in [1.807, 2.05) is 24.4 Å². The van der Waals surface area contributed by atoms with Gasteiger partial charge in [0.05, 0.1) is 16.1 Å². The van der Waals surface area contributed by atoms with Crippen molar-refractivity contribution in [2.45, 2.75) is 31.6 Å². The summed E-state index contributed by atoms with van der Waals surface area (Å²) < 4.78 is 5.64. The van der Waals surface area contributed by atoms with Crippen LogP contribution in [0.3, 0.4) is 0 Å². The van der Waals surface area contributed by atoms with Crippen molar-refractivity contribution in [1.82, 2.24) is 9.97 Å². The van der Waals surface area contributed by atoms with Crippen LogP contribution in [-0.4, -0.2) is 35.6 Å². The van der Waals surface area contributed by atoms with Crippen molar-refractivity contribution >= 4 is 28.7 Å². The Bertz CT molecular complexity index is 1390. The molecular formula is C29H28N4O2S. The first-order chi connectivity index (χ1) is 17.6. The second-order valence-electron chi connectivity index (χ2n) is 9.46. The molecule has 1 amide bonds. The number of thiazole rings is 1. The first kappa shape index (κ1) is 22.9. The summed E-state index contributed by atoms with van der Waals surface area (Å²) in [5.41, 5.74) is 7.17. The summed E-state index contributed by atoms with van der Waals surface area (Å²) in [4.78, 5) is 22.7. The van der Waals surface area contributed by atoms with Crippen molar-refractivity contribution < 1.29 is 9.53 Å². The van der Waals surface area contributed by atoms with Crippen LogP contribution in [0.4, 0.5) is 11.5 Å². The standard InChI is InChI=1S/C29H28N4O2S/c1-19-32-26(18-36-19)23-5-9-27(31-17-23)33-28(34)29(11-14-35-15-12-29)24-6-2-20(3-7-24)21-4-8-25-22(16-21)10-13-30-25/h2-9,16-18,30H,10-15H2,1H3,(H,31,33,34). The zero-order valence-electron chi connectivity index (χ0n) is 20.2. The number of nitrogens with zero attached hydrogens (tertiary/aromatic N) is 2. The molecule has 182 valence electrons. The summed E-state index contributed by atoms with van der Waals surface area (Å²) in [7, 11) is 0. The summed E-state index contributed by atoms with van der Waals surface area (Å²) in [5.74, 6) is 0.511. The van der Waals surface area contributed by atoms with Crippen LogP contribution in [0.1, 0.15) is 29.0 Å². The molecule has 4 heterocycles. The zero-order chi connectivity index (χ0) is 24.5. The average molecular weight is 497 g/mol. The molecule has 2 aromatic carbocycles. The van der Waals surface area contributed by atoms with Gasteiger partial charge in [0.1, 0.15) is 5.82 Å². The van der Waals surface area contributed by atoms with Gasteiger partial charge >= 0.3 is 0 Å². The Labute approximate surface area is 214 Å². The summed E-state index contributed by atoms with van der Waals surface area (Å²) in [6, 6.07) is 18.9. The Hall–Kier alpha value is -3.55. The monoisotopic (exact) mass is 496 g/mol. The molecule has 2 aliphatic rings. The molecule has 0 saturated carbocycles. The topological polar surface area (TPSA) is 76.1 Å². The van der Waals surface area contributed by atoms with E-state index in [2.05, 4.69) is 63.1 Å². The van der Waals surface area contributed by atoms with Gasteiger partial charge in [-0.25, -0.2) is 9.97 Å². The lowest BCUT2D eigenvalue weighted by molar-refractivity contribution is -0.125. The fourth-order valence-corrected chi connectivity index (χ4v) is 5.81. The summed E-state index contributed by atoms with van der Waals surface area (Å²) in [6.45, 7) is 4.10. The highest BCUT2D eigenvalue weighted by Gasteiger charge is 2.42. The summed E-state index contributed by atoms with van der Waals surface area (Å²) >= 11 is 1.61. The maximum absolute atomic E-state index is 13.7. The van der Waals surface area contributed by atoms with Gasteiger partial charge in [0.25, 0.3) is 0 Å². The Morgan fingerprint density at radius 2 is 1.81 bits per heavy atom. The minimum absolute atomic E-state index is 0.0353. The van der Waals surface area contributed by atoms with Gasteiger partial charge in [0.15, 0.2) is 0 Å². The molecule has 36 heavy (non-hydrogen) atoms. The number of aryl methyl sites for hydroxylation is 1. The maximum atomic E-state index is 13.7. The molecule has 0 atom stereocenters. The van der Waals surface area contributed by atoms with Crippen LogP contribution in [0.25, 0.3) is 22.4 Å². The minimum atomic E-state index is -0.648. The molecule has 2 aromatic heterocycles. The molecule has 0 spiro atoms. The number of fused-ring (bicyclic) bond motifs is 1. The fraction of sp³-hybridized carbons (Fsp3) is 0.276. The van der Waals surface area contributed by atoms with E-state index in [1.165, 1.54) is 16.8 Å². The highest BCUT2D eigenvalue weighted by molar-refractivity contribution is 7.09. The Morgan fingerprint density at radius 1 is 1.03 bits per heavy atom. The molecule has 7 heteroatoms. The van der Waals surface area contributed by atoms with E-state index < -0.39 is 5.41 Å². The molecule has 4 aromatic rings. The molecule has 0 bridgehead atoms. The Morgan fingerprint density at radius 3 is 2.53 bits per heavy atom. The van der Waals surface area contributed by atoms with Crippen LogP contribution in [0.15, 0.2) is 66.2 Å². The predicted molar refractivity (Wildman–Crippen MR) is 145 cm³/mol. The molecule has 0 radical (unpaired) electrons. The first-order valence-electron chi connectivity index (χ1n) is 12.4. The van der Waals surface area contributed by atoms with Crippen molar-refractivity contribution in [2.75, 3.05) is 30.4 Å². The maximum Gasteiger partial charge on any atom is 0.236 e. The first-order valence-corrected chi connectivity index (χ1v) is 13.2. The number of nitrogens with one attached hydrogen (secondary N) is 2. The number of carbonyl (C=O) groups excluding carboxylic acids is 1. The molecule has 2 aliphatic heterocycles. The van der Waals surface area contributed by atoms with Crippen LogP contribution in [0, 0.1) is 6.92 Å². The van der Waals surface area contributed by atoms with Crippen LogP contribution >= 0.6 is 11.3 Å². The van der Waals surface area contributed by atoms with Gasteiger partial charge in [-0.15, -0.1) is 11.3 Å². The number of ether oxygens (including phenoxy) is 1. The van der Waals surface area contributed by atoms with Gasteiger partial charge in [0, 0.05) is 42.6 Å². The smallest absolute Gasteiger partial charge is 0.236 e. The molecule has 1 saturated heterocycles. The van der Waals surface area contributed by atoms with Crippen molar-refractivity contribution in [3.8, 4) is 22.4 Å². The second kappa shape index (κ2) is 9.48. The number of amides is 1. The van der Waals surface area contributed by atoms with Crippen molar-refractivity contribution in [2.24, 2.45) is 0 Å². The number of anilines is 2. The van der Waals surface area contributed by atoms with E-state index in [1.54, 1.807) is 17.5 Å². The third kappa shape index (κ3) is 4.29. The van der Waals surface area contributed by atoms with Gasteiger partial charge in [-0.05, 0) is 72.7 Å². The van der Waals surface area contributed by atoms with E-state index in [0.29, 0.717) is 31.9 Å². The molecule has 0 unspecified atom stereocenters. The number of carbonyl (C=O) groups is 1. The highest BCUT2D eigenvalue weighted by atomic mass is 32.1. The van der Waals surface area contributed by atoms with Gasteiger partial charge in [-0.2, -0.15) is 0 Å². The number of hydrogen-bond acceptors (Lipinski definition) is 6. The zero-order valence-corrected chi connectivity index (χ0v) is 21.0. The van der Waals surface area contributed by atoms with Crippen LogP contribution < -0.4 is 10.6 Å². The lowest BCUT2D eigenvalue weighted by Gasteiger charge is -2.36. The molecule has 1 fully saturated rings. The molecule has 2 N–H and O–H groups in total. The number of pyridine rings is 1. The van der Waals surface area contributed by atoms with E-state index in [4.69, 9.17) is 4.74 Å². The molecular weight excluding hydrogens is 468 g/mol. The van der Waals surface area contributed by atoms with E-state index >= 15 is 0 Å².